The summed E-state index contributed by atoms with van der Waals surface area (Å²) < 4.78 is 0. The fourth-order valence-electron chi connectivity index (χ4n) is 8.01. The van der Waals surface area contributed by atoms with Gasteiger partial charge in [0.1, 0.15) is 0 Å². The van der Waals surface area contributed by atoms with E-state index in [1.165, 1.54) is 51.4 Å². The lowest BCUT2D eigenvalue weighted by Crippen LogP contribution is -2.58. The first-order valence-electron chi connectivity index (χ1n) is 12.3. The molecule has 0 radical (unpaired) electrons. The molecule has 0 aromatic rings. The summed E-state index contributed by atoms with van der Waals surface area (Å²) in [6, 6.07) is 0. The number of primary amides is 1. The molecule has 0 spiro atoms. The number of nitrogens with one attached hydrogen (secondary N) is 1. The van der Waals surface area contributed by atoms with Gasteiger partial charge in [0.2, 0.25) is 0 Å². The predicted octanol–water partition coefficient (Wildman–Crippen LogP) is 6.65. The highest BCUT2D eigenvalue weighted by atomic mass is 16.4. The molecule has 5 heteroatoms. The van der Waals surface area contributed by atoms with Crippen LogP contribution in [0.15, 0.2) is 0 Å². The minimum Gasteiger partial charge on any atom is -0.465 e. The normalized spacial score (nSPS) is 41.8. The van der Waals surface area contributed by atoms with Crippen molar-refractivity contribution in [2.24, 2.45) is 51.4 Å². The standard InChI is InChI=1S/C22H40N2.C2H6.CH3NO2/c1-6-12-21(4)15(7-2)8-9-17-16-10-11-18(19(23)24)20(16,3)13-14-22(17,21)5;1-2;2-1(3)4/h15-18H,6-14H2,1-5H3,(H3,23,24);1-2H3;2H2,(H,3,4). The highest BCUT2D eigenvalue weighted by Gasteiger charge is 2.64. The minimum absolute atomic E-state index is 0.294. The summed E-state index contributed by atoms with van der Waals surface area (Å²) in [7, 11) is 0. The summed E-state index contributed by atoms with van der Waals surface area (Å²) in [5.74, 6) is 3.34. The Morgan fingerprint density at radius 1 is 1.00 bits per heavy atom. The van der Waals surface area contributed by atoms with E-state index in [0.29, 0.717) is 28.0 Å². The number of amidine groups is 1. The number of carboxylic acid groups (broad SMARTS) is 1. The molecule has 0 saturated heterocycles. The molecule has 3 aliphatic rings. The van der Waals surface area contributed by atoms with E-state index in [1.54, 1.807) is 0 Å². The molecule has 5 nitrogen and oxygen atoms in total. The SMILES string of the molecule is CC.CCCC1(C)C(CC)CCC2C3CCC(C(=N)N)C3(C)CCC21C.NC(=O)O. The molecule has 0 bridgehead atoms. The molecule has 3 fully saturated rings. The van der Waals surface area contributed by atoms with Crippen LogP contribution in [0.1, 0.15) is 106 Å². The van der Waals surface area contributed by atoms with Crippen molar-refractivity contribution >= 4 is 11.9 Å². The Hall–Kier alpha value is -1.26. The number of amides is 1. The van der Waals surface area contributed by atoms with Crippen molar-refractivity contribution < 1.29 is 9.90 Å². The van der Waals surface area contributed by atoms with Crippen LogP contribution in [-0.2, 0) is 0 Å². The summed E-state index contributed by atoms with van der Waals surface area (Å²) in [6.45, 7) is 16.5. The van der Waals surface area contributed by atoms with E-state index in [0.717, 1.165) is 24.2 Å². The van der Waals surface area contributed by atoms with Gasteiger partial charge in [0, 0.05) is 5.92 Å². The average Bonchev–Trinajstić information content (AvgIpc) is 3.02. The lowest BCUT2D eigenvalue weighted by Gasteiger charge is -2.65. The first kappa shape index (κ1) is 26.8. The number of fused-ring (bicyclic) bond motifs is 3. The van der Waals surface area contributed by atoms with Crippen molar-refractivity contribution in [2.45, 2.75) is 106 Å². The molecule has 1 amide bonds. The Labute approximate surface area is 185 Å². The molecule has 7 atom stereocenters. The van der Waals surface area contributed by atoms with Crippen molar-refractivity contribution in [3.63, 3.8) is 0 Å². The van der Waals surface area contributed by atoms with Crippen molar-refractivity contribution in [3.8, 4) is 0 Å². The molecule has 0 aromatic carbocycles. The zero-order chi connectivity index (χ0) is 23.3. The second-order valence-corrected chi connectivity index (χ2v) is 10.4. The molecule has 0 heterocycles. The Kier molecular flexibility index (Phi) is 9.25. The summed E-state index contributed by atoms with van der Waals surface area (Å²) in [5, 5.41) is 15.3. The lowest BCUT2D eigenvalue weighted by atomic mass is 9.39. The fourth-order valence-corrected chi connectivity index (χ4v) is 8.01. The molecule has 0 aromatic heterocycles. The third-order valence-electron chi connectivity index (χ3n) is 9.57. The van der Waals surface area contributed by atoms with Gasteiger partial charge in [-0.1, -0.05) is 61.3 Å². The molecular formula is C25H49N3O2. The number of carbonyl (C=O) groups is 1. The van der Waals surface area contributed by atoms with Crippen LogP contribution in [0.3, 0.4) is 0 Å². The number of rotatable bonds is 4. The Morgan fingerprint density at radius 3 is 2.00 bits per heavy atom. The van der Waals surface area contributed by atoms with E-state index < -0.39 is 6.09 Å². The maximum atomic E-state index is 8.78. The first-order chi connectivity index (χ1) is 14.0. The van der Waals surface area contributed by atoms with Gasteiger partial charge in [-0.05, 0) is 78.9 Å². The average molecular weight is 424 g/mol. The highest BCUT2D eigenvalue weighted by Crippen LogP contribution is 2.71. The van der Waals surface area contributed by atoms with E-state index in [4.69, 9.17) is 21.0 Å². The maximum Gasteiger partial charge on any atom is 0.402 e. The largest absolute Gasteiger partial charge is 0.465 e. The zero-order valence-electron chi connectivity index (χ0n) is 20.7. The monoisotopic (exact) mass is 423 g/mol. The second-order valence-electron chi connectivity index (χ2n) is 10.4. The summed E-state index contributed by atoms with van der Waals surface area (Å²) in [5.41, 5.74) is 11.3. The fraction of sp³-hybridized carbons (Fsp3) is 0.920. The van der Waals surface area contributed by atoms with Crippen LogP contribution in [-0.4, -0.2) is 17.0 Å². The van der Waals surface area contributed by atoms with Gasteiger partial charge in [0.15, 0.2) is 0 Å². The Balaban J connectivity index is 0.000000673. The van der Waals surface area contributed by atoms with E-state index in [1.807, 2.05) is 13.8 Å². The van der Waals surface area contributed by atoms with Gasteiger partial charge in [-0.15, -0.1) is 0 Å². The molecular weight excluding hydrogens is 374 g/mol. The third kappa shape index (κ3) is 4.50. The predicted molar refractivity (Wildman–Crippen MR) is 127 cm³/mol. The van der Waals surface area contributed by atoms with Crippen LogP contribution in [0.2, 0.25) is 0 Å². The van der Waals surface area contributed by atoms with Crippen molar-refractivity contribution in [1.29, 1.82) is 5.41 Å². The smallest absolute Gasteiger partial charge is 0.402 e. The molecule has 30 heavy (non-hydrogen) atoms. The molecule has 3 aliphatic carbocycles. The van der Waals surface area contributed by atoms with Gasteiger partial charge in [-0.25, -0.2) is 4.79 Å². The molecule has 3 saturated carbocycles. The topological polar surface area (TPSA) is 113 Å². The number of hydrogen-bond acceptors (Lipinski definition) is 2. The Morgan fingerprint density at radius 2 is 1.53 bits per heavy atom. The lowest BCUT2D eigenvalue weighted by molar-refractivity contribution is -0.162. The van der Waals surface area contributed by atoms with Crippen LogP contribution in [0.5, 0.6) is 0 Å². The number of nitrogens with two attached hydrogens (primary N) is 2. The third-order valence-corrected chi connectivity index (χ3v) is 9.57. The summed E-state index contributed by atoms with van der Waals surface area (Å²) in [6.07, 6.45) is 10.6. The van der Waals surface area contributed by atoms with E-state index >= 15 is 0 Å². The molecule has 0 aliphatic heterocycles. The van der Waals surface area contributed by atoms with Gasteiger partial charge < -0.3 is 16.6 Å². The maximum absolute atomic E-state index is 8.78. The summed E-state index contributed by atoms with van der Waals surface area (Å²) >= 11 is 0. The molecule has 7 unspecified atom stereocenters. The van der Waals surface area contributed by atoms with Gasteiger partial charge in [0.25, 0.3) is 0 Å². The van der Waals surface area contributed by atoms with E-state index in [9.17, 15) is 0 Å². The summed E-state index contributed by atoms with van der Waals surface area (Å²) in [4.78, 5) is 8.78. The van der Waals surface area contributed by atoms with Gasteiger partial charge >= 0.3 is 6.09 Å². The first-order valence-corrected chi connectivity index (χ1v) is 12.3. The van der Waals surface area contributed by atoms with E-state index in [2.05, 4.69) is 40.4 Å². The van der Waals surface area contributed by atoms with Crippen LogP contribution in [0.4, 0.5) is 4.79 Å². The van der Waals surface area contributed by atoms with Crippen molar-refractivity contribution in [2.75, 3.05) is 0 Å². The van der Waals surface area contributed by atoms with Crippen LogP contribution in [0.25, 0.3) is 0 Å². The molecule has 176 valence electrons. The van der Waals surface area contributed by atoms with Gasteiger partial charge in [-0.2, -0.15) is 0 Å². The quantitative estimate of drug-likeness (QED) is 0.300. The van der Waals surface area contributed by atoms with Crippen LogP contribution >= 0.6 is 0 Å². The Bertz CT molecular complexity index is 591. The van der Waals surface area contributed by atoms with Crippen LogP contribution in [0, 0.1) is 45.3 Å². The molecule has 3 rings (SSSR count). The van der Waals surface area contributed by atoms with Crippen LogP contribution < -0.4 is 11.5 Å². The minimum atomic E-state index is -1.33. The van der Waals surface area contributed by atoms with Crippen molar-refractivity contribution in [1.82, 2.24) is 0 Å². The second kappa shape index (κ2) is 10.4. The molecule has 6 N–H and O–H groups in total. The van der Waals surface area contributed by atoms with E-state index in [-0.39, 0.29) is 0 Å². The number of hydrogen-bond donors (Lipinski definition) is 4. The highest BCUT2D eigenvalue weighted by molar-refractivity contribution is 5.80. The van der Waals surface area contributed by atoms with Gasteiger partial charge in [0.05, 0.1) is 5.84 Å². The van der Waals surface area contributed by atoms with Gasteiger partial charge in [-0.3, -0.25) is 5.41 Å². The van der Waals surface area contributed by atoms with Crippen molar-refractivity contribution in [3.05, 3.63) is 0 Å². The zero-order valence-corrected chi connectivity index (χ0v) is 20.7.